The quantitative estimate of drug-likeness (QED) is 0.446. The van der Waals surface area contributed by atoms with Crippen LogP contribution < -0.4 is 10.1 Å². The predicted octanol–water partition coefficient (Wildman–Crippen LogP) is 4.02. The Kier molecular flexibility index (Phi) is 7.48. The Hall–Kier alpha value is -2.33. The Morgan fingerprint density at radius 2 is 1.76 bits per heavy atom. The van der Waals surface area contributed by atoms with Gasteiger partial charge in [-0.3, -0.25) is 9.59 Å². The molecule has 2 aromatic carbocycles. The number of rotatable bonds is 8. The molecule has 2 rings (SSSR count). The molecule has 29 heavy (non-hydrogen) atoms. The van der Waals surface area contributed by atoms with E-state index in [2.05, 4.69) is 21.2 Å². The van der Waals surface area contributed by atoms with Gasteiger partial charge >= 0.3 is 0 Å². The van der Waals surface area contributed by atoms with Gasteiger partial charge in [-0.15, -0.1) is 0 Å². The van der Waals surface area contributed by atoms with Gasteiger partial charge in [-0.1, -0.05) is 0 Å². The van der Waals surface area contributed by atoms with Gasteiger partial charge in [-0.2, -0.15) is 0 Å². The number of Topliss-reactive ketones (excluding diaryl/α,β-unsaturated/α-hetero) is 1. The van der Waals surface area contributed by atoms with Gasteiger partial charge in [0.15, 0.2) is 15.6 Å². The number of benzene rings is 2. The zero-order valence-corrected chi connectivity index (χ0v) is 18.0. The fourth-order valence-electron chi connectivity index (χ4n) is 2.54. The minimum Gasteiger partial charge on any atom is -0.456 e. The number of carbonyl (C=O) groups excluding carboxylic acids is 2. The van der Waals surface area contributed by atoms with Crippen molar-refractivity contribution in [1.29, 1.82) is 0 Å². The summed E-state index contributed by atoms with van der Waals surface area (Å²) in [4.78, 5) is 23.4. The molecular formula is C19H18BrF2NO5S. The van der Waals surface area contributed by atoms with Crippen molar-refractivity contribution in [3.63, 3.8) is 0 Å². The number of hydrogen-bond acceptors (Lipinski definition) is 5. The van der Waals surface area contributed by atoms with Gasteiger partial charge in [0, 0.05) is 44.3 Å². The van der Waals surface area contributed by atoms with Crippen LogP contribution in [0.15, 0.2) is 39.7 Å². The SMILES string of the molecule is CC(=O)NCCCC(=O)c1c(S(C)(=O)=O)ccc(Oc2cc(F)cc(F)c2)c1Br. The molecule has 2 aromatic rings. The largest absolute Gasteiger partial charge is 0.456 e. The fraction of sp³-hybridized carbons (Fsp3) is 0.263. The number of sulfone groups is 1. The molecule has 0 aliphatic heterocycles. The standard InChI is InChI=1S/C19H18BrF2NO5S/c1-11(24)23-7-3-4-15(25)18-17(29(2,26)27)6-5-16(19(18)20)28-14-9-12(21)8-13(22)10-14/h5-6,8-10H,3-4,7H2,1-2H3,(H,23,24). The first-order valence-electron chi connectivity index (χ1n) is 8.43. The zero-order chi connectivity index (χ0) is 21.8. The molecule has 0 fully saturated rings. The van der Waals surface area contributed by atoms with E-state index in [4.69, 9.17) is 4.74 Å². The lowest BCUT2D eigenvalue weighted by Gasteiger charge is -2.14. The number of halogens is 3. The first-order chi connectivity index (χ1) is 13.5. The Bertz CT molecular complexity index is 1040. The second kappa shape index (κ2) is 9.45. The summed E-state index contributed by atoms with van der Waals surface area (Å²) < 4.78 is 56.5. The topological polar surface area (TPSA) is 89.5 Å². The van der Waals surface area contributed by atoms with Crippen molar-refractivity contribution >= 4 is 37.5 Å². The zero-order valence-electron chi connectivity index (χ0n) is 15.6. The summed E-state index contributed by atoms with van der Waals surface area (Å²) in [6.45, 7) is 1.60. The first kappa shape index (κ1) is 23.0. The van der Waals surface area contributed by atoms with Crippen molar-refractivity contribution in [1.82, 2.24) is 5.32 Å². The summed E-state index contributed by atoms with van der Waals surface area (Å²) in [6.07, 6.45) is 1.24. The summed E-state index contributed by atoms with van der Waals surface area (Å²) in [5, 5.41) is 2.55. The summed E-state index contributed by atoms with van der Waals surface area (Å²) in [7, 11) is -3.74. The Balaban J connectivity index is 2.39. The van der Waals surface area contributed by atoms with E-state index in [-0.39, 0.29) is 45.3 Å². The molecule has 0 radical (unpaired) electrons. The van der Waals surface area contributed by atoms with Gasteiger partial charge in [0.25, 0.3) is 0 Å². The highest BCUT2D eigenvalue weighted by Gasteiger charge is 2.24. The molecule has 1 amide bonds. The molecule has 0 aliphatic rings. The average Bonchev–Trinajstić information content (AvgIpc) is 2.58. The third kappa shape index (κ3) is 6.33. The first-order valence-corrected chi connectivity index (χ1v) is 11.1. The monoisotopic (exact) mass is 489 g/mol. The minimum absolute atomic E-state index is 0.0209. The van der Waals surface area contributed by atoms with E-state index in [1.54, 1.807) is 0 Å². The van der Waals surface area contributed by atoms with Crippen LogP contribution in [0.5, 0.6) is 11.5 Å². The minimum atomic E-state index is -3.74. The molecule has 0 aliphatic carbocycles. The number of ether oxygens (including phenoxy) is 1. The van der Waals surface area contributed by atoms with Crippen molar-refractivity contribution in [3.8, 4) is 11.5 Å². The highest BCUT2D eigenvalue weighted by atomic mass is 79.9. The molecule has 156 valence electrons. The molecule has 0 bridgehead atoms. The van der Waals surface area contributed by atoms with Crippen LogP contribution in [0.25, 0.3) is 0 Å². The molecule has 10 heteroatoms. The lowest BCUT2D eigenvalue weighted by Crippen LogP contribution is -2.21. The van der Waals surface area contributed by atoms with Crippen molar-refractivity contribution in [3.05, 3.63) is 52.0 Å². The molecule has 0 heterocycles. The molecule has 0 unspecified atom stereocenters. The van der Waals surface area contributed by atoms with Crippen LogP contribution >= 0.6 is 15.9 Å². The van der Waals surface area contributed by atoms with E-state index in [0.717, 1.165) is 18.4 Å². The number of amides is 1. The van der Waals surface area contributed by atoms with Crippen LogP contribution in [-0.4, -0.2) is 32.9 Å². The van der Waals surface area contributed by atoms with Crippen LogP contribution in [0, 0.1) is 11.6 Å². The maximum absolute atomic E-state index is 13.4. The summed E-state index contributed by atoms with van der Waals surface area (Å²) in [5.74, 6) is -2.56. The number of carbonyl (C=O) groups is 2. The van der Waals surface area contributed by atoms with E-state index in [1.165, 1.54) is 19.1 Å². The molecule has 0 saturated carbocycles. The smallest absolute Gasteiger partial charge is 0.216 e. The van der Waals surface area contributed by atoms with Crippen molar-refractivity contribution in [2.75, 3.05) is 12.8 Å². The van der Waals surface area contributed by atoms with Gasteiger partial charge in [0.1, 0.15) is 23.1 Å². The summed E-state index contributed by atoms with van der Waals surface area (Å²) in [5.41, 5.74) is -0.121. The summed E-state index contributed by atoms with van der Waals surface area (Å²) >= 11 is 3.18. The van der Waals surface area contributed by atoms with Gasteiger partial charge in [-0.05, 0) is 34.5 Å². The fourth-order valence-corrected chi connectivity index (χ4v) is 4.22. The lowest BCUT2D eigenvalue weighted by atomic mass is 10.1. The average molecular weight is 490 g/mol. The molecule has 1 N–H and O–H groups in total. The molecule has 0 aromatic heterocycles. The molecule has 0 saturated heterocycles. The second-order valence-corrected chi connectivity index (χ2v) is 9.02. The van der Waals surface area contributed by atoms with Crippen molar-refractivity contribution in [2.24, 2.45) is 0 Å². The third-order valence-corrected chi connectivity index (χ3v) is 5.69. The number of nitrogens with one attached hydrogen (secondary N) is 1. The van der Waals surface area contributed by atoms with Crippen LogP contribution in [0.3, 0.4) is 0 Å². The Morgan fingerprint density at radius 3 is 2.31 bits per heavy atom. The van der Waals surface area contributed by atoms with Crippen molar-refractivity contribution in [2.45, 2.75) is 24.7 Å². The predicted molar refractivity (Wildman–Crippen MR) is 106 cm³/mol. The van der Waals surface area contributed by atoms with E-state index >= 15 is 0 Å². The second-order valence-electron chi connectivity index (χ2n) is 6.24. The normalized spacial score (nSPS) is 11.2. The number of ketones is 1. The van der Waals surface area contributed by atoms with E-state index in [0.29, 0.717) is 12.5 Å². The van der Waals surface area contributed by atoms with E-state index < -0.39 is 27.3 Å². The van der Waals surface area contributed by atoms with Crippen LogP contribution in [0.4, 0.5) is 8.78 Å². The maximum atomic E-state index is 13.4. The van der Waals surface area contributed by atoms with Crippen LogP contribution in [-0.2, 0) is 14.6 Å². The van der Waals surface area contributed by atoms with Gasteiger partial charge < -0.3 is 10.1 Å². The van der Waals surface area contributed by atoms with Gasteiger partial charge in [0.2, 0.25) is 5.91 Å². The Morgan fingerprint density at radius 1 is 1.14 bits per heavy atom. The third-order valence-electron chi connectivity index (χ3n) is 3.77. The van der Waals surface area contributed by atoms with Crippen molar-refractivity contribution < 1.29 is 31.5 Å². The Labute approximate surface area is 175 Å². The van der Waals surface area contributed by atoms with E-state index in [9.17, 15) is 26.8 Å². The van der Waals surface area contributed by atoms with Gasteiger partial charge in [0.05, 0.1) is 14.9 Å². The van der Waals surface area contributed by atoms with E-state index in [1.807, 2.05) is 0 Å². The highest BCUT2D eigenvalue weighted by molar-refractivity contribution is 9.10. The molecule has 0 spiro atoms. The number of hydrogen-bond donors (Lipinski definition) is 1. The lowest BCUT2D eigenvalue weighted by molar-refractivity contribution is -0.118. The van der Waals surface area contributed by atoms with Crippen LogP contribution in [0.2, 0.25) is 0 Å². The molecule has 0 atom stereocenters. The van der Waals surface area contributed by atoms with Crippen LogP contribution in [0.1, 0.15) is 30.1 Å². The maximum Gasteiger partial charge on any atom is 0.216 e. The summed E-state index contributed by atoms with van der Waals surface area (Å²) in [6, 6.07) is 5.08. The highest BCUT2D eigenvalue weighted by Crippen LogP contribution is 2.37. The molecular weight excluding hydrogens is 472 g/mol. The van der Waals surface area contributed by atoms with Gasteiger partial charge in [-0.25, -0.2) is 17.2 Å². The molecule has 6 nitrogen and oxygen atoms in total.